The lowest BCUT2D eigenvalue weighted by molar-refractivity contribution is 0.597. The van der Waals surface area contributed by atoms with Crippen LogP contribution in [0.1, 0.15) is 23.6 Å². The average molecular weight is 327 g/mol. The zero-order valence-corrected chi connectivity index (χ0v) is 13.5. The summed E-state index contributed by atoms with van der Waals surface area (Å²) in [6.45, 7) is 2.78. The minimum absolute atomic E-state index is 0.150. The summed E-state index contributed by atoms with van der Waals surface area (Å²) in [6, 6.07) is 14.9. The molecule has 1 aliphatic rings. The molecule has 2 N–H and O–H groups in total. The van der Waals surface area contributed by atoms with Gasteiger partial charge in [0.2, 0.25) is 10.0 Å². The van der Waals surface area contributed by atoms with E-state index < -0.39 is 10.0 Å². The number of sulfonamides is 1. The number of benzene rings is 2. The molecule has 2 aromatic carbocycles. The number of primary sulfonamides is 1. The summed E-state index contributed by atoms with van der Waals surface area (Å²) in [4.78, 5) is 2.37. The fraction of sp³-hybridized carbons (Fsp3) is 0.235. The van der Waals surface area contributed by atoms with E-state index in [9.17, 15) is 8.42 Å². The second kappa shape index (κ2) is 5.69. The minimum atomic E-state index is -3.68. The molecule has 23 heavy (non-hydrogen) atoms. The molecule has 1 atom stereocenters. The van der Waals surface area contributed by atoms with Gasteiger partial charge in [0.15, 0.2) is 0 Å². The molecule has 1 heterocycles. The van der Waals surface area contributed by atoms with Crippen molar-refractivity contribution in [2.45, 2.75) is 30.8 Å². The van der Waals surface area contributed by atoms with E-state index in [-0.39, 0.29) is 10.9 Å². The lowest BCUT2D eigenvalue weighted by atomic mass is 10.1. The third-order valence-corrected chi connectivity index (χ3v) is 5.06. The van der Waals surface area contributed by atoms with Gasteiger partial charge in [0.05, 0.1) is 16.5 Å². The van der Waals surface area contributed by atoms with Crippen molar-refractivity contribution < 1.29 is 8.42 Å². The molecule has 0 spiro atoms. The van der Waals surface area contributed by atoms with E-state index in [1.54, 1.807) is 18.2 Å². The smallest absolute Gasteiger partial charge is 0.238 e. The summed E-state index contributed by atoms with van der Waals surface area (Å²) in [5, 5.41) is 14.2. The minimum Gasteiger partial charge on any atom is -0.364 e. The Morgan fingerprint density at radius 3 is 2.78 bits per heavy atom. The molecule has 0 aromatic heterocycles. The second-order valence-corrected chi connectivity index (χ2v) is 7.39. The molecule has 0 saturated carbocycles. The highest BCUT2D eigenvalue weighted by Crippen LogP contribution is 2.34. The molecule has 0 saturated heterocycles. The van der Waals surface area contributed by atoms with Crippen LogP contribution in [-0.2, 0) is 23.0 Å². The molecule has 5 nitrogen and oxygen atoms in total. The number of anilines is 1. The SMILES string of the molecule is C[C@H]1Cc2cc(S(N)(=O)=O)ccc2N1Cc1cccc(C#N)c1. The van der Waals surface area contributed by atoms with Crippen molar-refractivity contribution in [3.63, 3.8) is 0 Å². The maximum absolute atomic E-state index is 11.5. The molecule has 3 rings (SSSR count). The van der Waals surface area contributed by atoms with Crippen LogP contribution in [-0.4, -0.2) is 14.5 Å². The maximum Gasteiger partial charge on any atom is 0.238 e. The molecule has 0 unspecified atom stereocenters. The highest BCUT2D eigenvalue weighted by Gasteiger charge is 2.27. The molecular weight excluding hydrogens is 310 g/mol. The van der Waals surface area contributed by atoms with Gasteiger partial charge in [0.1, 0.15) is 0 Å². The van der Waals surface area contributed by atoms with Gasteiger partial charge < -0.3 is 4.90 Å². The Kier molecular flexibility index (Phi) is 3.84. The second-order valence-electron chi connectivity index (χ2n) is 5.83. The van der Waals surface area contributed by atoms with Gasteiger partial charge in [-0.25, -0.2) is 13.6 Å². The lowest BCUT2D eigenvalue weighted by Gasteiger charge is -2.25. The molecule has 6 heteroatoms. The quantitative estimate of drug-likeness (QED) is 0.936. The molecule has 2 aromatic rings. The van der Waals surface area contributed by atoms with Gasteiger partial charge in [-0.1, -0.05) is 12.1 Å². The zero-order chi connectivity index (χ0) is 16.6. The van der Waals surface area contributed by atoms with E-state index in [2.05, 4.69) is 17.9 Å². The van der Waals surface area contributed by atoms with E-state index >= 15 is 0 Å². The van der Waals surface area contributed by atoms with Crippen molar-refractivity contribution in [1.29, 1.82) is 5.26 Å². The van der Waals surface area contributed by atoms with Crippen LogP contribution in [0.4, 0.5) is 5.69 Å². The van der Waals surface area contributed by atoms with Crippen molar-refractivity contribution in [3.05, 3.63) is 59.2 Å². The normalized spacial score (nSPS) is 16.9. The van der Waals surface area contributed by atoms with E-state index in [1.807, 2.05) is 24.3 Å². The first-order valence-corrected chi connectivity index (χ1v) is 8.84. The van der Waals surface area contributed by atoms with Crippen LogP contribution in [0.25, 0.3) is 0 Å². The van der Waals surface area contributed by atoms with Gasteiger partial charge >= 0.3 is 0 Å². The monoisotopic (exact) mass is 327 g/mol. The van der Waals surface area contributed by atoms with Crippen molar-refractivity contribution in [1.82, 2.24) is 0 Å². The summed E-state index contributed by atoms with van der Waals surface area (Å²) in [5.74, 6) is 0. The van der Waals surface area contributed by atoms with Gasteiger partial charge in [-0.15, -0.1) is 0 Å². The van der Waals surface area contributed by atoms with E-state index in [0.29, 0.717) is 12.1 Å². The van der Waals surface area contributed by atoms with Gasteiger partial charge in [0, 0.05) is 18.3 Å². The van der Waals surface area contributed by atoms with Crippen molar-refractivity contribution in [3.8, 4) is 6.07 Å². The van der Waals surface area contributed by atoms with E-state index in [1.165, 1.54) is 0 Å². The molecule has 0 aliphatic carbocycles. The predicted molar refractivity (Wildman–Crippen MR) is 88.3 cm³/mol. The zero-order valence-electron chi connectivity index (χ0n) is 12.7. The van der Waals surface area contributed by atoms with Crippen molar-refractivity contribution in [2.75, 3.05) is 4.90 Å². The molecule has 0 amide bonds. The van der Waals surface area contributed by atoms with Crippen LogP contribution < -0.4 is 10.0 Å². The summed E-state index contributed by atoms with van der Waals surface area (Å²) in [6.07, 6.45) is 0.774. The van der Waals surface area contributed by atoms with Crippen molar-refractivity contribution in [2.24, 2.45) is 5.14 Å². The average Bonchev–Trinajstić information content (AvgIpc) is 2.82. The molecule has 1 aliphatic heterocycles. The van der Waals surface area contributed by atoms with Crippen LogP contribution in [0.3, 0.4) is 0 Å². The molecule has 0 bridgehead atoms. The van der Waals surface area contributed by atoms with E-state index in [0.717, 1.165) is 23.2 Å². The fourth-order valence-electron chi connectivity index (χ4n) is 3.03. The number of hydrogen-bond acceptors (Lipinski definition) is 4. The van der Waals surface area contributed by atoms with Crippen molar-refractivity contribution >= 4 is 15.7 Å². The number of fused-ring (bicyclic) bond motifs is 1. The van der Waals surface area contributed by atoms with E-state index in [4.69, 9.17) is 10.4 Å². The molecule has 0 radical (unpaired) electrons. The number of nitrogens with zero attached hydrogens (tertiary/aromatic N) is 2. The van der Waals surface area contributed by atoms with Crippen LogP contribution >= 0.6 is 0 Å². The van der Waals surface area contributed by atoms with Crippen LogP contribution in [0, 0.1) is 11.3 Å². The van der Waals surface area contributed by atoms with Gasteiger partial charge in [0.25, 0.3) is 0 Å². The first-order valence-electron chi connectivity index (χ1n) is 7.30. The fourth-order valence-corrected chi connectivity index (χ4v) is 3.59. The van der Waals surface area contributed by atoms with Crippen LogP contribution in [0.2, 0.25) is 0 Å². The van der Waals surface area contributed by atoms with Gasteiger partial charge in [-0.3, -0.25) is 0 Å². The van der Waals surface area contributed by atoms with Gasteiger partial charge in [-0.05, 0) is 54.8 Å². The number of nitriles is 1. The third-order valence-electron chi connectivity index (χ3n) is 4.15. The number of nitrogens with two attached hydrogens (primary N) is 1. The first-order chi connectivity index (χ1) is 10.9. The molecule has 0 fully saturated rings. The standard InChI is InChI=1S/C17H17N3O2S/c1-12-7-15-9-16(23(19,21)22)5-6-17(15)20(12)11-14-4-2-3-13(8-14)10-18/h2-6,8-9,12H,7,11H2,1H3,(H2,19,21,22)/t12-/m0/s1. The summed E-state index contributed by atoms with van der Waals surface area (Å²) in [5.41, 5.74) is 3.70. The lowest BCUT2D eigenvalue weighted by Crippen LogP contribution is -2.28. The maximum atomic E-state index is 11.5. The third kappa shape index (κ3) is 3.07. The van der Waals surface area contributed by atoms with Crippen LogP contribution in [0.15, 0.2) is 47.4 Å². The Balaban J connectivity index is 1.93. The molecular formula is C17H17N3O2S. The highest BCUT2D eigenvalue weighted by atomic mass is 32.2. The summed E-state index contributed by atoms with van der Waals surface area (Å²) in [7, 11) is -3.68. The Labute approximate surface area is 136 Å². The Hall–Kier alpha value is -2.36. The Morgan fingerprint density at radius 2 is 2.09 bits per heavy atom. The Morgan fingerprint density at radius 1 is 1.30 bits per heavy atom. The highest BCUT2D eigenvalue weighted by molar-refractivity contribution is 7.89. The predicted octanol–water partition coefficient (Wildman–Crippen LogP) is 2.16. The number of rotatable bonds is 3. The number of hydrogen-bond donors (Lipinski definition) is 1. The largest absolute Gasteiger partial charge is 0.364 e. The first kappa shape index (κ1) is 15.5. The van der Waals surface area contributed by atoms with Crippen LogP contribution in [0.5, 0.6) is 0 Å². The summed E-state index contributed by atoms with van der Waals surface area (Å²) >= 11 is 0. The molecule has 118 valence electrons. The Bertz CT molecular complexity index is 900. The van der Waals surface area contributed by atoms with Gasteiger partial charge in [-0.2, -0.15) is 5.26 Å². The summed E-state index contributed by atoms with van der Waals surface area (Å²) < 4.78 is 23.0. The topological polar surface area (TPSA) is 87.2 Å².